The summed E-state index contributed by atoms with van der Waals surface area (Å²) in [4.78, 5) is 2.27. The van der Waals surface area contributed by atoms with Crippen LogP contribution in [0.25, 0.3) is 10.4 Å². The Morgan fingerprint density at radius 1 is 1.07 bits per heavy atom. The first-order valence-corrected chi connectivity index (χ1v) is 5.80. The van der Waals surface area contributed by atoms with E-state index in [1.807, 2.05) is 6.07 Å². The van der Waals surface area contributed by atoms with Gasteiger partial charge in [-0.2, -0.15) is 0 Å². The Hall–Kier alpha value is -1.12. The number of hydrogen-bond donors (Lipinski definition) is 1. The van der Waals surface area contributed by atoms with E-state index in [0.717, 1.165) is 4.88 Å². The van der Waals surface area contributed by atoms with Crippen LogP contribution in [0.15, 0.2) is 30.3 Å². The lowest BCUT2D eigenvalue weighted by Gasteiger charge is -2.06. The Labute approximate surface area is 94.0 Å². The van der Waals surface area contributed by atoms with Gasteiger partial charge in [-0.25, -0.2) is 0 Å². The first kappa shape index (κ1) is 10.4. The highest BCUT2D eigenvalue weighted by Gasteiger charge is 2.07. The van der Waals surface area contributed by atoms with Crippen LogP contribution in [0.4, 0.5) is 0 Å². The van der Waals surface area contributed by atoms with Gasteiger partial charge in [0.25, 0.3) is 0 Å². The van der Waals surface area contributed by atoms with E-state index in [0.29, 0.717) is 0 Å². The summed E-state index contributed by atoms with van der Waals surface area (Å²) in [5.41, 5.74) is 3.89. The molecule has 0 saturated heterocycles. The van der Waals surface area contributed by atoms with Gasteiger partial charge >= 0.3 is 0 Å². The van der Waals surface area contributed by atoms with Gasteiger partial charge in [-0.05, 0) is 42.7 Å². The summed E-state index contributed by atoms with van der Waals surface area (Å²) in [6.07, 6.45) is 0. The molecule has 0 aliphatic heterocycles. The summed E-state index contributed by atoms with van der Waals surface area (Å²) in [6.45, 7) is 4.39. The summed E-state index contributed by atoms with van der Waals surface area (Å²) < 4.78 is 0. The lowest BCUT2D eigenvalue weighted by atomic mass is 10.0. The molecule has 0 unspecified atom stereocenters. The third-order valence-electron chi connectivity index (χ3n) is 2.55. The fourth-order valence-corrected chi connectivity index (χ4v) is 2.84. The number of thiophene rings is 1. The van der Waals surface area contributed by atoms with Gasteiger partial charge < -0.3 is 5.11 Å². The molecule has 0 radical (unpaired) electrons. The summed E-state index contributed by atoms with van der Waals surface area (Å²) in [6, 6.07) is 10.4. The van der Waals surface area contributed by atoms with Crippen LogP contribution in [0.1, 0.15) is 16.0 Å². The molecule has 1 heterocycles. The highest BCUT2D eigenvalue weighted by molar-refractivity contribution is 7.15. The molecule has 0 spiro atoms. The standard InChI is InChI=1S/C13H14OS/c1-9-4-3-5-10(2)13(9)12-7-6-11(8-14)15-12/h3-7,14H,8H2,1-2H3. The van der Waals surface area contributed by atoms with Gasteiger partial charge in [0.2, 0.25) is 0 Å². The van der Waals surface area contributed by atoms with Gasteiger partial charge in [0.1, 0.15) is 0 Å². The van der Waals surface area contributed by atoms with E-state index in [-0.39, 0.29) is 6.61 Å². The molecule has 0 aliphatic carbocycles. The first-order chi connectivity index (χ1) is 7.22. The van der Waals surface area contributed by atoms with E-state index >= 15 is 0 Å². The molecule has 2 aromatic rings. The van der Waals surface area contributed by atoms with E-state index in [2.05, 4.69) is 38.1 Å². The first-order valence-electron chi connectivity index (χ1n) is 4.98. The van der Waals surface area contributed by atoms with Gasteiger partial charge in [-0.1, -0.05) is 18.2 Å². The summed E-state index contributed by atoms with van der Waals surface area (Å²) in [5.74, 6) is 0. The predicted octanol–water partition coefficient (Wildman–Crippen LogP) is 3.52. The number of aliphatic hydroxyl groups is 1. The number of aliphatic hydroxyl groups excluding tert-OH is 1. The molecule has 0 fully saturated rings. The van der Waals surface area contributed by atoms with Crippen molar-refractivity contribution in [1.29, 1.82) is 0 Å². The van der Waals surface area contributed by atoms with Crippen molar-refractivity contribution < 1.29 is 5.11 Å². The molecule has 0 aliphatic rings. The molecular formula is C13H14OS. The van der Waals surface area contributed by atoms with Crippen molar-refractivity contribution in [2.24, 2.45) is 0 Å². The molecule has 2 rings (SSSR count). The molecule has 0 bridgehead atoms. The zero-order valence-corrected chi connectivity index (χ0v) is 9.77. The van der Waals surface area contributed by atoms with Crippen LogP contribution in [-0.4, -0.2) is 5.11 Å². The monoisotopic (exact) mass is 218 g/mol. The van der Waals surface area contributed by atoms with Crippen LogP contribution < -0.4 is 0 Å². The van der Waals surface area contributed by atoms with Crippen LogP contribution in [0.5, 0.6) is 0 Å². The predicted molar refractivity (Wildman–Crippen MR) is 65.2 cm³/mol. The maximum absolute atomic E-state index is 9.05. The molecular weight excluding hydrogens is 204 g/mol. The Kier molecular flexibility index (Phi) is 2.89. The topological polar surface area (TPSA) is 20.2 Å². The van der Waals surface area contributed by atoms with Gasteiger partial charge in [-0.3, -0.25) is 0 Å². The van der Waals surface area contributed by atoms with Gasteiger partial charge in [0, 0.05) is 9.75 Å². The minimum absolute atomic E-state index is 0.135. The van der Waals surface area contributed by atoms with Crippen LogP contribution in [0, 0.1) is 13.8 Å². The molecule has 1 aromatic carbocycles. The third-order valence-corrected chi connectivity index (χ3v) is 3.63. The van der Waals surface area contributed by atoms with Crippen LogP contribution in [0.2, 0.25) is 0 Å². The zero-order valence-electron chi connectivity index (χ0n) is 8.95. The maximum Gasteiger partial charge on any atom is 0.0774 e. The van der Waals surface area contributed by atoms with Crippen molar-refractivity contribution in [3.63, 3.8) is 0 Å². The minimum atomic E-state index is 0.135. The van der Waals surface area contributed by atoms with Crippen molar-refractivity contribution in [3.05, 3.63) is 46.3 Å². The Morgan fingerprint density at radius 3 is 2.27 bits per heavy atom. The molecule has 78 valence electrons. The van der Waals surface area contributed by atoms with Crippen molar-refractivity contribution in [3.8, 4) is 10.4 Å². The van der Waals surface area contributed by atoms with E-state index in [1.54, 1.807) is 11.3 Å². The lowest BCUT2D eigenvalue weighted by molar-refractivity contribution is 0.285. The molecule has 15 heavy (non-hydrogen) atoms. The molecule has 0 amide bonds. The van der Waals surface area contributed by atoms with Crippen molar-refractivity contribution >= 4 is 11.3 Å². The number of rotatable bonds is 2. The molecule has 1 N–H and O–H groups in total. The van der Waals surface area contributed by atoms with E-state index in [9.17, 15) is 0 Å². The Bertz CT molecular complexity index is 451. The molecule has 0 saturated carbocycles. The van der Waals surface area contributed by atoms with Gasteiger partial charge in [0.15, 0.2) is 0 Å². The quantitative estimate of drug-likeness (QED) is 0.817. The molecule has 1 aromatic heterocycles. The zero-order chi connectivity index (χ0) is 10.8. The maximum atomic E-state index is 9.05. The van der Waals surface area contributed by atoms with Gasteiger partial charge in [-0.15, -0.1) is 11.3 Å². The van der Waals surface area contributed by atoms with E-state index in [4.69, 9.17) is 5.11 Å². The highest BCUT2D eigenvalue weighted by Crippen LogP contribution is 2.32. The smallest absolute Gasteiger partial charge is 0.0774 e. The van der Waals surface area contributed by atoms with Gasteiger partial charge in [0.05, 0.1) is 6.61 Å². The summed E-state index contributed by atoms with van der Waals surface area (Å²) >= 11 is 1.66. The number of aryl methyl sites for hydroxylation is 2. The second-order valence-corrected chi connectivity index (χ2v) is 4.86. The lowest BCUT2D eigenvalue weighted by Crippen LogP contribution is -1.84. The second-order valence-electron chi connectivity index (χ2n) is 3.69. The molecule has 0 atom stereocenters. The average Bonchev–Trinajstić information content (AvgIpc) is 2.66. The van der Waals surface area contributed by atoms with Crippen LogP contribution >= 0.6 is 11.3 Å². The second kappa shape index (κ2) is 4.17. The average molecular weight is 218 g/mol. The highest BCUT2D eigenvalue weighted by atomic mass is 32.1. The van der Waals surface area contributed by atoms with E-state index < -0.39 is 0 Å². The Morgan fingerprint density at radius 2 is 1.73 bits per heavy atom. The molecule has 2 heteroatoms. The minimum Gasteiger partial charge on any atom is -0.391 e. The number of benzene rings is 1. The largest absolute Gasteiger partial charge is 0.391 e. The Balaban J connectivity index is 2.53. The van der Waals surface area contributed by atoms with Crippen LogP contribution in [-0.2, 0) is 6.61 Å². The molecule has 1 nitrogen and oxygen atoms in total. The number of hydrogen-bond acceptors (Lipinski definition) is 2. The summed E-state index contributed by atoms with van der Waals surface area (Å²) in [5, 5.41) is 9.05. The SMILES string of the molecule is Cc1cccc(C)c1-c1ccc(CO)s1. The van der Waals surface area contributed by atoms with Crippen molar-refractivity contribution in [2.45, 2.75) is 20.5 Å². The van der Waals surface area contributed by atoms with E-state index in [1.165, 1.54) is 21.6 Å². The van der Waals surface area contributed by atoms with Crippen molar-refractivity contribution in [1.82, 2.24) is 0 Å². The fourth-order valence-electron chi connectivity index (χ4n) is 1.80. The van der Waals surface area contributed by atoms with Crippen LogP contribution in [0.3, 0.4) is 0 Å². The summed E-state index contributed by atoms with van der Waals surface area (Å²) in [7, 11) is 0. The van der Waals surface area contributed by atoms with Crippen molar-refractivity contribution in [2.75, 3.05) is 0 Å². The third kappa shape index (κ3) is 1.96. The fraction of sp³-hybridized carbons (Fsp3) is 0.231. The normalized spacial score (nSPS) is 10.6.